The maximum atomic E-state index is 13.2. The molecule has 34 heavy (non-hydrogen) atoms. The summed E-state index contributed by atoms with van der Waals surface area (Å²) in [6, 6.07) is 13.6. The van der Waals surface area contributed by atoms with Crippen LogP contribution in [0.5, 0.6) is 5.75 Å². The van der Waals surface area contributed by atoms with E-state index in [0.29, 0.717) is 16.6 Å². The first kappa shape index (κ1) is 23.3. The predicted octanol–water partition coefficient (Wildman–Crippen LogP) is 2.34. The highest BCUT2D eigenvalue weighted by atomic mass is 32.2. The molecule has 0 spiro atoms. The zero-order chi connectivity index (χ0) is 24.7. The number of fused-ring (bicyclic) bond motifs is 1. The Morgan fingerprint density at radius 2 is 1.76 bits per heavy atom. The van der Waals surface area contributed by atoms with Crippen LogP contribution in [-0.2, 0) is 19.9 Å². The number of pyridine rings is 1. The Labute approximate surface area is 196 Å². The first-order chi connectivity index (χ1) is 16.0. The molecule has 2 aromatic carbocycles. The van der Waals surface area contributed by atoms with E-state index in [1.165, 1.54) is 54.4 Å². The highest BCUT2D eigenvalue weighted by Crippen LogP contribution is 2.30. The summed E-state index contributed by atoms with van der Waals surface area (Å²) in [5.41, 5.74) is 6.77. The summed E-state index contributed by atoms with van der Waals surface area (Å²) in [6.45, 7) is 0. The van der Waals surface area contributed by atoms with Crippen molar-refractivity contribution in [2.45, 2.75) is 9.79 Å². The summed E-state index contributed by atoms with van der Waals surface area (Å²) in [4.78, 5) is 16.0. The minimum absolute atomic E-state index is 0.0391. The lowest BCUT2D eigenvalue weighted by atomic mass is 10.2. The topological polar surface area (TPSA) is 150 Å². The number of nitrogens with two attached hydrogens (primary N) is 1. The van der Waals surface area contributed by atoms with Gasteiger partial charge in [-0.15, -0.1) is 0 Å². The van der Waals surface area contributed by atoms with Gasteiger partial charge in [0.2, 0.25) is 19.9 Å². The SMILES string of the molecule is COc1cncc(S(=O)(=O)c2cccc(-n3c(C(N)=O)cc4ccc(NS(C)(=O)=O)cc43)c2)c1. The highest BCUT2D eigenvalue weighted by Gasteiger charge is 2.22. The van der Waals surface area contributed by atoms with Crippen LogP contribution in [0.4, 0.5) is 5.69 Å². The van der Waals surface area contributed by atoms with Gasteiger partial charge in [0.25, 0.3) is 5.91 Å². The zero-order valence-electron chi connectivity index (χ0n) is 18.1. The molecule has 0 fully saturated rings. The van der Waals surface area contributed by atoms with Crippen molar-refractivity contribution >= 4 is 42.4 Å². The van der Waals surface area contributed by atoms with Gasteiger partial charge in [-0.05, 0) is 36.4 Å². The van der Waals surface area contributed by atoms with Crippen LogP contribution < -0.4 is 15.2 Å². The van der Waals surface area contributed by atoms with Gasteiger partial charge >= 0.3 is 0 Å². The van der Waals surface area contributed by atoms with Gasteiger partial charge in [0.1, 0.15) is 11.4 Å². The van der Waals surface area contributed by atoms with Gasteiger partial charge in [-0.25, -0.2) is 16.8 Å². The summed E-state index contributed by atoms with van der Waals surface area (Å²) in [7, 11) is -6.10. The minimum Gasteiger partial charge on any atom is -0.495 e. The number of nitrogens with zero attached hydrogens (tertiary/aromatic N) is 2. The van der Waals surface area contributed by atoms with E-state index < -0.39 is 25.8 Å². The molecule has 1 amide bonds. The lowest BCUT2D eigenvalue weighted by Crippen LogP contribution is -2.16. The third-order valence-electron chi connectivity index (χ3n) is 4.98. The van der Waals surface area contributed by atoms with E-state index in [2.05, 4.69) is 9.71 Å². The Balaban J connectivity index is 1.91. The number of aromatic nitrogens is 2. The van der Waals surface area contributed by atoms with Crippen molar-refractivity contribution in [3.8, 4) is 11.4 Å². The quantitative estimate of drug-likeness (QED) is 0.395. The summed E-state index contributed by atoms with van der Waals surface area (Å²) < 4.78 is 58.8. The van der Waals surface area contributed by atoms with E-state index >= 15 is 0 Å². The Hall–Kier alpha value is -3.90. The molecule has 12 heteroatoms. The minimum atomic E-state index is -3.97. The van der Waals surface area contributed by atoms with Crippen molar-refractivity contribution in [1.82, 2.24) is 9.55 Å². The Bertz CT molecular complexity index is 1640. The fraction of sp³-hybridized carbons (Fsp3) is 0.0909. The van der Waals surface area contributed by atoms with Gasteiger partial charge in [0, 0.05) is 23.3 Å². The molecule has 0 bridgehead atoms. The van der Waals surface area contributed by atoms with Gasteiger partial charge in [0.05, 0.1) is 40.6 Å². The molecule has 2 heterocycles. The van der Waals surface area contributed by atoms with Crippen molar-refractivity contribution in [2.75, 3.05) is 18.1 Å². The second kappa shape index (κ2) is 8.47. The number of sulfonamides is 1. The number of hydrogen-bond donors (Lipinski definition) is 2. The van der Waals surface area contributed by atoms with Gasteiger partial charge in [-0.3, -0.25) is 14.5 Å². The van der Waals surface area contributed by atoms with Crippen LogP contribution in [0.1, 0.15) is 10.5 Å². The summed E-state index contributed by atoms with van der Waals surface area (Å²) in [5.74, 6) is -0.449. The number of sulfone groups is 1. The number of carbonyl (C=O) groups is 1. The van der Waals surface area contributed by atoms with E-state index in [-0.39, 0.29) is 26.9 Å². The predicted molar refractivity (Wildman–Crippen MR) is 127 cm³/mol. The normalized spacial score (nSPS) is 11.9. The number of benzene rings is 2. The monoisotopic (exact) mass is 500 g/mol. The molecule has 176 valence electrons. The molecule has 10 nitrogen and oxygen atoms in total. The van der Waals surface area contributed by atoms with Crippen LogP contribution in [0.25, 0.3) is 16.6 Å². The molecular formula is C22H20N4O6S2. The molecule has 0 aliphatic rings. The summed E-state index contributed by atoms with van der Waals surface area (Å²) >= 11 is 0. The van der Waals surface area contributed by atoms with Gasteiger partial charge in [-0.2, -0.15) is 0 Å². The van der Waals surface area contributed by atoms with Crippen molar-refractivity contribution in [3.63, 3.8) is 0 Å². The number of rotatable bonds is 7. The molecule has 4 rings (SSSR count). The van der Waals surface area contributed by atoms with E-state index in [9.17, 15) is 21.6 Å². The number of amides is 1. The molecule has 0 saturated heterocycles. The van der Waals surface area contributed by atoms with Crippen LogP contribution in [0.2, 0.25) is 0 Å². The van der Waals surface area contributed by atoms with Crippen molar-refractivity contribution in [3.05, 3.63) is 72.7 Å². The molecule has 0 aliphatic heterocycles. The molecular weight excluding hydrogens is 480 g/mol. The summed E-state index contributed by atoms with van der Waals surface area (Å²) in [6.07, 6.45) is 3.63. The van der Waals surface area contributed by atoms with E-state index in [0.717, 1.165) is 6.26 Å². The fourth-order valence-corrected chi connectivity index (χ4v) is 5.35. The number of carbonyl (C=O) groups excluding carboxylic acids is 1. The standard InChI is InChI=1S/C22H20N4O6S2/c1-32-17-11-19(13-24-12-17)34(30,31)18-5-3-4-16(10-18)26-20-9-15(25-33(2,28)29)7-6-14(20)8-21(26)22(23)27/h3-13,25H,1-2H3,(H2,23,27). The maximum Gasteiger partial charge on any atom is 0.265 e. The second-order valence-electron chi connectivity index (χ2n) is 7.44. The van der Waals surface area contributed by atoms with E-state index in [1.54, 1.807) is 24.3 Å². The maximum absolute atomic E-state index is 13.2. The molecule has 0 atom stereocenters. The number of methoxy groups -OCH3 is 1. The average Bonchev–Trinajstić information content (AvgIpc) is 3.17. The van der Waals surface area contributed by atoms with Gasteiger partial charge in [0.15, 0.2) is 0 Å². The number of hydrogen-bond acceptors (Lipinski definition) is 7. The number of anilines is 1. The number of ether oxygens (including phenoxy) is 1. The molecule has 0 saturated carbocycles. The Morgan fingerprint density at radius 1 is 1.00 bits per heavy atom. The van der Waals surface area contributed by atoms with Gasteiger partial charge < -0.3 is 15.0 Å². The van der Waals surface area contributed by atoms with Crippen molar-refractivity contribution < 1.29 is 26.4 Å². The highest BCUT2D eigenvalue weighted by molar-refractivity contribution is 7.92. The third-order valence-corrected chi connectivity index (χ3v) is 7.31. The van der Waals surface area contributed by atoms with Crippen LogP contribution >= 0.6 is 0 Å². The zero-order valence-corrected chi connectivity index (χ0v) is 19.7. The summed E-state index contributed by atoms with van der Waals surface area (Å²) in [5, 5.41) is 0.609. The first-order valence-corrected chi connectivity index (χ1v) is 13.1. The molecule has 0 unspecified atom stereocenters. The fourth-order valence-electron chi connectivity index (χ4n) is 3.52. The van der Waals surface area contributed by atoms with Gasteiger partial charge in [-0.1, -0.05) is 12.1 Å². The molecule has 0 aliphatic carbocycles. The molecule has 0 radical (unpaired) electrons. The van der Waals surface area contributed by atoms with Crippen LogP contribution in [-0.4, -0.2) is 45.7 Å². The smallest absolute Gasteiger partial charge is 0.265 e. The number of nitrogens with one attached hydrogen (secondary N) is 1. The van der Waals surface area contributed by atoms with E-state index in [4.69, 9.17) is 10.5 Å². The lowest BCUT2D eigenvalue weighted by molar-refractivity contribution is 0.0994. The first-order valence-electron chi connectivity index (χ1n) is 9.77. The lowest BCUT2D eigenvalue weighted by Gasteiger charge is -2.12. The van der Waals surface area contributed by atoms with Crippen LogP contribution in [0.3, 0.4) is 0 Å². The molecule has 4 aromatic rings. The average molecular weight is 501 g/mol. The molecule has 3 N–H and O–H groups in total. The van der Waals surface area contributed by atoms with Crippen molar-refractivity contribution in [1.29, 1.82) is 0 Å². The molecule has 2 aromatic heterocycles. The largest absolute Gasteiger partial charge is 0.495 e. The van der Waals surface area contributed by atoms with Crippen molar-refractivity contribution in [2.24, 2.45) is 5.73 Å². The third kappa shape index (κ3) is 4.45. The Kier molecular flexibility index (Phi) is 5.79. The van der Waals surface area contributed by atoms with E-state index in [1.807, 2.05) is 0 Å². The van der Waals surface area contributed by atoms with Crippen LogP contribution in [0.15, 0.2) is 76.8 Å². The second-order valence-corrected chi connectivity index (χ2v) is 11.1. The van der Waals surface area contributed by atoms with Crippen LogP contribution in [0, 0.1) is 0 Å². The Morgan fingerprint density at radius 3 is 2.44 bits per heavy atom. The number of primary amides is 1.